The van der Waals surface area contributed by atoms with Crippen LogP contribution in [-0.2, 0) is 9.47 Å². The molecule has 1 aliphatic heterocycles. The first-order valence-electron chi connectivity index (χ1n) is 16.7. The van der Waals surface area contributed by atoms with E-state index in [-0.39, 0.29) is 0 Å². The SMILES string of the molecule is OC(COCC(F)(F)C(F)(F)C(F)(F)C(F)(F)C(F)(F)C(F)(F)C(F)(F)C(F)F)CN1CCN(CC(O)COCC(F)(F)C(F)(F)C(F)(F)C(F)(F)C(F)(F)C(F)(F)C(F)(F)C(F)F)CC1. The molecule has 0 aromatic heterocycles. The number of alkyl halides is 32. The smallest absolute Gasteiger partial charge is 0.384 e. The second-order valence-electron chi connectivity index (χ2n) is 13.9. The van der Waals surface area contributed by atoms with Gasteiger partial charge in [-0.3, -0.25) is 9.80 Å². The van der Waals surface area contributed by atoms with Gasteiger partial charge in [-0.05, 0) is 0 Å². The normalized spacial score (nSPS) is 18.7. The Bertz CT molecular complexity index is 1470. The van der Waals surface area contributed by atoms with Crippen LogP contribution in [0.3, 0.4) is 0 Å². The van der Waals surface area contributed by atoms with Gasteiger partial charge in [0.1, 0.15) is 13.2 Å². The van der Waals surface area contributed by atoms with Gasteiger partial charge in [-0.1, -0.05) is 0 Å². The third kappa shape index (κ3) is 10.1. The minimum absolute atomic E-state index is 0.399. The monoisotopic (exact) mass is 1060 g/mol. The molecule has 1 saturated heterocycles. The number of aliphatic hydroxyl groups excluding tert-OH is 2. The molecular formula is C28H26F32N2O4. The minimum atomic E-state index is -8.66. The Balaban J connectivity index is 2.85. The third-order valence-electron chi connectivity index (χ3n) is 9.05. The Labute approximate surface area is 344 Å². The first-order chi connectivity index (χ1) is 28.8. The molecule has 0 bridgehead atoms. The lowest BCUT2D eigenvalue weighted by Gasteiger charge is -2.42. The quantitative estimate of drug-likeness (QED) is 0.0846. The maximum atomic E-state index is 14.0. The fraction of sp³-hybridized carbons (Fsp3) is 1.00. The summed E-state index contributed by atoms with van der Waals surface area (Å²) >= 11 is 0. The molecule has 2 unspecified atom stereocenters. The van der Waals surface area contributed by atoms with E-state index in [0.29, 0.717) is 0 Å². The van der Waals surface area contributed by atoms with E-state index >= 15 is 0 Å². The molecule has 2 atom stereocenters. The zero-order valence-electron chi connectivity index (χ0n) is 31.1. The van der Waals surface area contributed by atoms with Crippen LogP contribution in [0.4, 0.5) is 140 Å². The zero-order chi connectivity index (χ0) is 52.9. The van der Waals surface area contributed by atoms with Crippen molar-refractivity contribution in [3.05, 3.63) is 0 Å². The highest BCUT2D eigenvalue weighted by molar-refractivity contribution is 5.16. The number of halogens is 32. The highest BCUT2D eigenvalue weighted by Crippen LogP contribution is 2.64. The maximum Gasteiger partial charge on any atom is 0.384 e. The predicted molar refractivity (Wildman–Crippen MR) is 148 cm³/mol. The lowest BCUT2D eigenvalue weighted by atomic mass is 9.89. The molecule has 1 heterocycles. The summed E-state index contributed by atoms with van der Waals surface area (Å²) in [6.07, 6.45) is -16.5. The number of rotatable bonds is 26. The van der Waals surface area contributed by atoms with Crippen molar-refractivity contribution in [3.8, 4) is 0 Å². The molecule has 2 N–H and O–H groups in total. The van der Waals surface area contributed by atoms with Crippen LogP contribution >= 0.6 is 0 Å². The number of ether oxygens (including phenoxy) is 2. The molecule has 1 aliphatic rings. The number of piperazine rings is 1. The number of hydrogen-bond acceptors (Lipinski definition) is 6. The minimum Gasteiger partial charge on any atom is -0.389 e. The molecule has 0 radical (unpaired) electrons. The van der Waals surface area contributed by atoms with E-state index in [2.05, 4.69) is 9.47 Å². The van der Waals surface area contributed by atoms with Gasteiger partial charge in [-0.25, -0.2) is 17.6 Å². The molecule has 0 spiro atoms. The molecule has 396 valence electrons. The van der Waals surface area contributed by atoms with E-state index in [1.54, 1.807) is 0 Å². The summed E-state index contributed by atoms with van der Waals surface area (Å²) in [4.78, 5) is 2.05. The zero-order valence-corrected chi connectivity index (χ0v) is 31.1. The van der Waals surface area contributed by atoms with E-state index < -0.39 is 174 Å². The van der Waals surface area contributed by atoms with E-state index in [1.165, 1.54) is 0 Å². The Morgan fingerprint density at radius 2 is 0.530 bits per heavy atom. The second kappa shape index (κ2) is 19.0. The van der Waals surface area contributed by atoms with Crippen LogP contribution in [0, 0.1) is 0 Å². The summed E-state index contributed by atoms with van der Waals surface area (Å²) in [6.45, 7) is -13.2. The Kier molecular flexibility index (Phi) is 17.7. The number of nitrogens with zero attached hydrogens (tertiary/aromatic N) is 2. The van der Waals surface area contributed by atoms with Crippen LogP contribution in [0.1, 0.15) is 0 Å². The van der Waals surface area contributed by atoms with E-state index in [4.69, 9.17) is 0 Å². The van der Waals surface area contributed by atoms with Crippen LogP contribution < -0.4 is 0 Å². The van der Waals surface area contributed by atoms with Gasteiger partial charge in [0.05, 0.1) is 25.4 Å². The summed E-state index contributed by atoms with van der Waals surface area (Å²) < 4.78 is 438. The molecule has 6 nitrogen and oxygen atoms in total. The average molecular weight is 1060 g/mol. The Morgan fingerprint density at radius 3 is 0.742 bits per heavy atom. The largest absolute Gasteiger partial charge is 0.389 e. The highest BCUT2D eigenvalue weighted by Gasteiger charge is 2.95. The molecule has 1 rings (SSSR count). The molecule has 1 fully saturated rings. The van der Waals surface area contributed by atoms with Crippen LogP contribution in [0.15, 0.2) is 0 Å². The van der Waals surface area contributed by atoms with Gasteiger partial charge in [0, 0.05) is 39.3 Å². The lowest BCUT2D eigenvalue weighted by Crippen LogP contribution is -2.74. The van der Waals surface area contributed by atoms with E-state index in [1.807, 2.05) is 0 Å². The molecule has 0 aromatic rings. The Morgan fingerprint density at radius 1 is 0.333 bits per heavy atom. The highest BCUT2D eigenvalue weighted by atomic mass is 19.4. The molecule has 0 aliphatic carbocycles. The number of aliphatic hydroxyl groups is 2. The summed E-state index contributed by atoms with van der Waals surface area (Å²) in [5.41, 5.74) is 0. The standard InChI is InChI=1S/C28H26F32N2O4/c29-13(30)17(37,38)21(45,46)25(53,54)27(57,58)23(49,50)19(41,42)15(33,34)9-65-7-11(63)5-61-1-2-62(4-3-61)6-12(64)8-66-10-16(35,36)20(43,44)24(51,52)28(59,60)26(55,56)22(47,48)18(39,40)14(31)32/h11-14,63-64H,1-10H2. The van der Waals surface area contributed by atoms with Crippen molar-refractivity contribution < 1.29 is 160 Å². The van der Waals surface area contributed by atoms with Gasteiger partial charge in [0.2, 0.25) is 0 Å². The van der Waals surface area contributed by atoms with Crippen molar-refractivity contribution in [2.24, 2.45) is 0 Å². The lowest BCUT2D eigenvalue weighted by molar-refractivity contribution is -0.448. The molecular weight excluding hydrogens is 1040 g/mol. The first-order valence-corrected chi connectivity index (χ1v) is 16.7. The van der Waals surface area contributed by atoms with Crippen molar-refractivity contribution >= 4 is 0 Å². The van der Waals surface area contributed by atoms with Gasteiger partial charge in [0.25, 0.3) is 0 Å². The van der Waals surface area contributed by atoms with Crippen LogP contribution in [-0.4, -0.2) is 194 Å². The predicted octanol–water partition coefficient (Wildman–Crippen LogP) is 8.78. The summed E-state index contributed by atoms with van der Waals surface area (Å²) in [7, 11) is 0. The second-order valence-corrected chi connectivity index (χ2v) is 13.9. The topological polar surface area (TPSA) is 65.4 Å². The maximum absolute atomic E-state index is 14.0. The fourth-order valence-electron chi connectivity index (χ4n) is 5.02. The number of β-amino-alcohol motifs (C(OH)–C–C–N with tert-alkyl or cyclic N) is 2. The van der Waals surface area contributed by atoms with Gasteiger partial charge in [-0.2, -0.15) is 123 Å². The van der Waals surface area contributed by atoms with Crippen molar-refractivity contribution in [3.63, 3.8) is 0 Å². The van der Waals surface area contributed by atoms with Gasteiger partial charge in [-0.15, -0.1) is 0 Å². The van der Waals surface area contributed by atoms with Crippen molar-refractivity contribution in [1.82, 2.24) is 9.80 Å². The van der Waals surface area contributed by atoms with Gasteiger partial charge >= 0.3 is 95.8 Å². The van der Waals surface area contributed by atoms with Crippen molar-refractivity contribution in [2.75, 3.05) is 65.7 Å². The fourth-order valence-corrected chi connectivity index (χ4v) is 5.02. The van der Waals surface area contributed by atoms with Crippen LogP contribution in [0.2, 0.25) is 0 Å². The summed E-state index contributed by atoms with van der Waals surface area (Å²) in [5.74, 6) is -113. The molecule has 0 amide bonds. The Hall–Kier alpha value is -2.48. The molecule has 38 heteroatoms. The number of hydrogen-bond donors (Lipinski definition) is 2. The summed E-state index contributed by atoms with van der Waals surface area (Å²) in [5, 5.41) is 19.8. The van der Waals surface area contributed by atoms with Gasteiger partial charge < -0.3 is 19.7 Å². The van der Waals surface area contributed by atoms with Crippen LogP contribution in [0.5, 0.6) is 0 Å². The average Bonchev–Trinajstić information content (AvgIpc) is 3.14. The van der Waals surface area contributed by atoms with Crippen molar-refractivity contribution in [1.29, 1.82) is 0 Å². The molecule has 0 aromatic carbocycles. The summed E-state index contributed by atoms with van der Waals surface area (Å²) in [6, 6.07) is 0. The third-order valence-corrected chi connectivity index (χ3v) is 9.05. The van der Waals surface area contributed by atoms with Gasteiger partial charge in [0.15, 0.2) is 0 Å². The molecule has 0 saturated carbocycles. The molecule has 66 heavy (non-hydrogen) atoms. The van der Waals surface area contributed by atoms with E-state index in [0.717, 1.165) is 9.80 Å². The van der Waals surface area contributed by atoms with Crippen molar-refractivity contribution in [2.45, 2.75) is 108 Å². The first kappa shape index (κ1) is 61.5. The van der Waals surface area contributed by atoms with E-state index in [9.17, 15) is 151 Å². The van der Waals surface area contributed by atoms with Crippen LogP contribution in [0.25, 0.3) is 0 Å².